The van der Waals surface area contributed by atoms with E-state index in [1.165, 1.54) is 6.20 Å². The van der Waals surface area contributed by atoms with E-state index in [1.807, 2.05) is 0 Å². The van der Waals surface area contributed by atoms with Crippen LogP contribution in [0.2, 0.25) is 0 Å². The third-order valence-corrected chi connectivity index (χ3v) is 4.15. The van der Waals surface area contributed by atoms with Crippen molar-refractivity contribution in [3.05, 3.63) is 18.0 Å². The maximum atomic E-state index is 12.3. The van der Waals surface area contributed by atoms with Crippen molar-refractivity contribution in [1.82, 2.24) is 14.7 Å². The van der Waals surface area contributed by atoms with Gasteiger partial charge in [0.05, 0.1) is 17.7 Å². The molecule has 2 aliphatic rings. The van der Waals surface area contributed by atoms with E-state index < -0.39 is 11.9 Å². The lowest BCUT2D eigenvalue weighted by molar-refractivity contribution is -0.142. The molecule has 19 heavy (non-hydrogen) atoms. The van der Waals surface area contributed by atoms with Crippen LogP contribution in [-0.4, -0.2) is 44.8 Å². The third kappa shape index (κ3) is 2.22. The van der Waals surface area contributed by atoms with Crippen LogP contribution in [0.15, 0.2) is 12.4 Å². The largest absolute Gasteiger partial charge is 0.481 e. The zero-order chi connectivity index (χ0) is 13.6. The molecule has 1 saturated heterocycles. The van der Waals surface area contributed by atoms with E-state index in [2.05, 4.69) is 5.10 Å². The minimum atomic E-state index is -0.779. The molecular formula is C13H17N3O3. The van der Waals surface area contributed by atoms with Gasteiger partial charge in [0.2, 0.25) is 0 Å². The second-order valence-corrected chi connectivity index (χ2v) is 5.56. The van der Waals surface area contributed by atoms with Gasteiger partial charge in [0.1, 0.15) is 0 Å². The number of aryl methyl sites for hydroxylation is 1. The van der Waals surface area contributed by atoms with E-state index in [-0.39, 0.29) is 11.8 Å². The Bertz CT molecular complexity index is 521. The Morgan fingerprint density at radius 2 is 2.11 bits per heavy atom. The summed E-state index contributed by atoms with van der Waals surface area (Å²) in [6, 6.07) is 0. The maximum absolute atomic E-state index is 12.3. The lowest BCUT2D eigenvalue weighted by Gasteiger charge is -2.14. The third-order valence-electron chi connectivity index (χ3n) is 4.15. The van der Waals surface area contributed by atoms with Crippen LogP contribution in [0.1, 0.15) is 23.2 Å². The molecule has 2 atom stereocenters. The first-order valence-corrected chi connectivity index (χ1v) is 6.57. The minimum Gasteiger partial charge on any atom is -0.481 e. The quantitative estimate of drug-likeness (QED) is 0.866. The predicted molar refractivity (Wildman–Crippen MR) is 66.5 cm³/mol. The minimum absolute atomic E-state index is 0.109. The molecule has 0 unspecified atom stereocenters. The van der Waals surface area contributed by atoms with Crippen LogP contribution in [0.25, 0.3) is 0 Å². The molecule has 1 N–H and O–H groups in total. The number of rotatable bonds is 3. The zero-order valence-electron chi connectivity index (χ0n) is 10.8. The Morgan fingerprint density at radius 1 is 1.37 bits per heavy atom. The highest BCUT2D eigenvalue weighted by Crippen LogP contribution is 2.44. The van der Waals surface area contributed by atoms with Gasteiger partial charge in [-0.15, -0.1) is 0 Å². The molecule has 1 aliphatic heterocycles. The number of carbonyl (C=O) groups is 2. The molecule has 1 aliphatic carbocycles. The fraction of sp³-hybridized carbons (Fsp3) is 0.615. The standard InChI is InChI=1S/C13H17N3O3/c1-15-5-9(4-14-15)12(17)16-6-10(8-2-3-8)11(7-16)13(18)19/h4-5,8,10-11H,2-3,6-7H2,1H3,(H,18,19)/t10-,11+/m0/s1. The topological polar surface area (TPSA) is 75.4 Å². The Morgan fingerprint density at radius 3 is 2.63 bits per heavy atom. The SMILES string of the molecule is Cn1cc(C(=O)N2C[C@@H](C(=O)O)[C@H](C3CC3)C2)cn1. The summed E-state index contributed by atoms with van der Waals surface area (Å²) in [5, 5.41) is 13.3. The first-order valence-electron chi connectivity index (χ1n) is 6.57. The van der Waals surface area contributed by atoms with Crippen molar-refractivity contribution in [2.75, 3.05) is 13.1 Å². The normalized spacial score (nSPS) is 26.7. The lowest BCUT2D eigenvalue weighted by Crippen LogP contribution is -2.29. The van der Waals surface area contributed by atoms with Crippen LogP contribution in [-0.2, 0) is 11.8 Å². The van der Waals surface area contributed by atoms with E-state index in [4.69, 9.17) is 0 Å². The Labute approximate surface area is 111 Å². The molecule has 0 bridgehead atoms. The molecule has 1 aromatic heterocycles. The summed E-state index contributed by atoms with van der Waals surface area (Å²) < 4.78 is 1.58. The van der Waals surface area contributed by atoms with Gasteiger partial charge >= 0.3 is 5.97 Å². The van der Waals surface area contributed by atoms with E-state index in [0.717, 1.165) is 12.8 Å². The molecular weight excluding hydrogens is 246 g/mol. The summed E-state index contributed by atoms with van der Waals surface area (Å²) in [6.45, 7) is 0.888. The van der Waals surface area contributed by atoms with Gasteiger partial charge in [0.25, 0.3) is 5.91 Å². The predicted octanol–water partition coefficient (Wildman–Crippen LogP) is 0.603. The summed E-state index contributed by atoms with van der Waals surface area (Å²) >= 11 is 0. The van der Waals surface area contributed by atoms with Crippen LogP contribution in [0.3, 0.4) is 0 Å². The summed E-state index contributed by atoms with van der Waals surface area (Å²) in [6.07, 6.45) is 5.40. The first kappa shape index (κ1) is 12.2. The second-order valence-electron chi connectivity index (χ2n) is 5.56. The molecule has 1 aromatic rings. The molecule has 102 valence electrons. The highest BCUT2D eigenvalue weighted by Gasteiger charge is 2.46. The number of carbonyl (C=O) groups excluding carboxylic acids is 1. The van der Waals surface area contributed by atoms with Crippen molar-refractivity contribution in [2.24, 2.45) is 24.8 Å². The van der Waals surface area contributed by atoms with E-state index >= 15 is 0 Å². The summed E-state index contributed by atoms with van der Waals surface area (Å²) in [7, 11) is 1.76. The van der Waals surface area contributed by atoms with Crippen LogP contribution in [0, 0.1) is 17.8 Å². The number of likely N-dealkylation sites (tertiary alicyclic amines) is 1. The average molecular weight is 263 g/mol. The Kier molecular flexibility index (Phi) is 2.80. The van der Waals surface area contributed by atoms with Gasteiger partial charge in [-0.25, -0.2) is 0 Å². The van der Waals surface area contributed by atoms with Crippen molar-refractivity contribution >= 4 is 11.9 Å². The number of hydrogen-bond donors (Lipinski definition) is 1. The highest BCUT2D eigenvalue weighted by atomic mass is 16.4. The molecule has 2 fully saturated rings. The second kappa shape index (κ2) is 4.36. The molecule has 0 radical (unpaired) electrons. The van der Waals surface area contributed by atoms with E-state index in [0.29, 0.717) is 24.6 Å². The maximum Gasteiger partial charge on any atom is 0.308 e. The van der Waals surface area contributed by atoms with E-state index in [9.17, 15) is 14.7 Å². The van der Waals surface area contributed by atoms with Gasteiger partial charge in [-0.1, -0.05) is 0 Å². The van der Waals surface area contributed by atoms with Gasteiger partial charge in [0, 0.05) is 26.3 Å². The fourth-order valence-corrected chi connectivity index (χ4v) is 2.97. The fourth-order valence-electron chi connectivity index (χ4n) is 2.97. The van der Waals surface area contributed by atoms with Gasteiger partial charge in [0.15, 0.2) is 0 Å². The van der Waals surface area contributed by atoms with Crippen LogP contribution >= 0.6 is 0 Å². The van der Waals surface area contributed by atoms with Crippen LogP contribution in [0.5, 0.6) is 0 Å². The lowest BCUT2D eigenvalue weighted by atomic mass is 9.92. The number of carboxylic acids is 1. The molecule has 1 saturated carbocycles. The number of aliphatic carboxylic acids is 1. The average Bonchev–Trinajstić information content (AvgIpc) is 2.96. The zero-order valence-corrected chi connectivity index (χ0v) is 10.8. The van der Waals surface area contributed by atoms with Gasteiger partial charge in [-0.05, 0) is 24.7 Å². The van der Waals surface area contributed by atoms with Crippen molar-refractivity contribution in [3.63, 3.8) is 0 Å². The summed E-state index contributed by atoms with van der Waals surface area (Å²) in [4.78, 5) is 25.3. The molecule has 6 nitrogen and oxygen atoms in total. The van der Waals surface area contributed by atoms with Crippen molar-refractivity contribution in [2.45, 2.75) is 12.8 Å². The van der Waals surface area contributed by atoms with Crippen LogP contribution in [0.4, 0.5) is 0 Å². The number of hydrogen-bond acceptors (Lipinski definition) is 3. The molecule has 6 heteroatoms. The summed E-state index contributed by atoms with van der Waals surface area (Å²) in [5.74, 6) is -0.681. The summed E-state index contributed by atoms with van der Waals surface area (Å²) in [5.41, 5.74) is 0.531. The number of amides is 1. The number of aromatic nitrogens is 2. The van der Waals surface area contributed by atoms with Gasteiger partial charge in [-0.3, -0.25) is 14.3 Å². The van der Waals surface area contributed by atoms with Gasteiger partial charge in [-0.2, -0.15) is 5.10 Å². The van der Waals surface area contributed by atoms with Crippen molar-refractivity contribution < 1.29 is 14.7 Å². The Hall–Kier alpha value is -1.85. The number of nitrogens with zero attached hydrogens (tertiary/aromatic N) is 3. The van der Waals surface area contributed by atoms with Crippen molar-refractivity contribution in [3.8, 4) is 0 Å². The van der Waals surface area contributed by atoms with Gasteiger partial charge < -0.3 is 10.0 Å². The first-order chi connectivity index (χ1) is 9.06. The molecule has 0 spiro atoms. The van der Waals surface area contributed by atoms with Crippen LogP contribution < -0.4 is 0 Å². The molecule has 0 aromatic carbocycles. The smallest absolute Gasteiger partial charge is 0.308 e. The van der Waals surface area contributed by atoms with E-state index in [1.54, 1.807) is 22.8 Å². The molecule has 1 amide bonds. The monoisotopic (exact) mass is 263 g/mol. The molecule has 2 heterocycles. The number of carboxylic acid groups (broad SMARTS) is 1. The Balaban J connectivity index is 1.75. The molecule has 3 rings (SSSR count). The highest BCUT2D eigenvalue weighted by molar-refractivity contribution is 5.94. The van der Waals surface area contributed by atoms with Crippen molar-refractivity contribution in [1.29, 1.82) is 0 Å².